The first-order chi connectivity index (χ1) is 12.6. The molecule has 0 radical (unpaired) electrons. The Morgan fingerprint density at radius 3 is 2.88 bits per heavy atom. The van der Waals surface area contributed by atoms with Crippen molar-refractivity contribution in [3.8, 4) is 0 Å². The number of hydrogen-bond donors (Lipinski definition) is 1. The molecular weight excluding hydrogens is 351 g/mol. The van der Waals surface area contributed by atoms with Gasteiger partial charge in [0.25, 0.3) is 0 Å². The summed E-state index contributed by atoms with van der Waals surface area (Å²) in [5.74, 6) is 1.04. The van der Waals surface area contributed by atoms with Gasteiger partial charge in [-0.05, 0) is 62.4 Å². The first kappa shape index (κ1) is 16.5. The number of hydrogen-bond acceptors (Lipinski definition) is 4. The fourth-order valence-electron chi connectivity index (χ4n) is 5.06. The van der Waals surface area contributed by atoms with Gasteiger partial charge in [-0.3, -0.25) is 0 Å². The number of nitrogens with one attached hydrogen (secondary N) is 1. The Labute approximate surface area is 157 Å². The standard InChI is InChI=1S/C20H22ClFN4/c1-12-2-3-16-17(12)19(25-11-24-16)26-10-20(4-6-23-7-5-20)14-8-13(21)9-15(22)18(14)26/h8-9,11-12,23H,2-7,10H2,1H3. The molecule has 5 rings (SSSR count). The summed E-state index contributed by atoms with van der Waals surface area (Å²) in [6.45, 7) is 4.87. The fraction of sp³-hybridized carbons (Fsp3) is 0.500. The number of piperidine rings is 1. The molecule has 3 heterocycles. The Bertz CT molecular complexity index is 878. The molecule has 0 bridgehead atoms. The SMILES string of the molecule is CC1CCc2ncnc(N3CC4(CCNCC4)c4cc(Cl)cc(F)c43)c21. The zero-order valence-corrected chi connectivity index (χ0v) is 15.6. The Hall–Kier alpha value is -1.72. The minimum atomic E-state index is -0.249. The smallest absolute Gasteiger partial charge is 0.148 e. The summed E-state index contributed by atoms with van der Waals surface area (Å²) >= 11 is 6.24. The number of halogens is 2. The van der Waals surface area contributed by atoms with Crippen LogP contribution in [-0.4, -0.2) is 29.6 Å². The summed E-state index contributed by atoms with van der Waals surface area (Å²) < 4.78 is 15.1. The van der Waals surface area contributed by atoms with Gasteiger partial charge in [-0.2, -0.15) is 0 Å². The normalized spacial score (nSPS) is 23.3. The van der Waals surface area contributed by atoms with Crippen LogP contribution in [0.2, 0.25) is 5.02 Å². The van der Waals surface area contributed by atoms with E-state index >= 15 is 4.39 Å². The highest BCUT2D eigenvalue weighted by Crippen LogP contribution is 2.52. The molecule has 1 aliphatic carbocycles. The largest absolute Gasteiger partial charge is 0.322 e. The molecule has 6 heteroatoms. The van der Waals surface area contributed by atoms with Gasteiger partial charge in [0.05, 0.1) is 5.69 Å². The number of nitrogens with zero attached hydrogens (tertiary/aromatic N) is 3. The molecule has 3 aliphatic rings. The van der Waals surface area contributed by atoms with Crippen molar-refractivity contribution in [3.63, 3.8) is 0 Å². The molecule has 1 aromatic carbocycles. The van der Waals surface area contributed by atoms with Gasteiger partial charge < -0.3 is 10.2 Å². The topological polar surface area (TPSA) is 41.1 Å². The third-order valence-corrected chi connectivity index (χ3v) is 6.62. The zero-order valence-electron chi connectivity index (χ0n) is 14.9. The molecule has 0 amide bonds. The summed E-state index contributed by atoms with van der Waals surface area (Å²) in [6, 6.07) is 3.40. The minimum Gasteiger partial charge on any atom is -0.322 e. The average Bonchev–Trinajstić information content (AvgIpc) is 3.15. The molecular formula is C20H22ClFN4. The molecule has 1 spiro atoms. The highest BCUT2D eigenvalue weighted by Gasteiger charge is 2.46. The van der Waals surface area contributed by atoms with Gasteiger partial charge in [0, 0.05) is 28.2 Å². The first-order valence-electron chi connectivity index (χ1n) is 9.41. The van der Waals surface area contributed by atoms with Crippen LogP contribution in [0.5, 0.6) is 0 Å². The van der Waals surface area contributed by atoms with E-state index in [1.807, 2.05) is 6.07 Å². The maximum absolute atomic E-state index is 15.1. The lowest BCUT2D eigenvalue weighted by atomic mass is 9.75. The van der Waals surface area contributed by atoms with Crippen LogP contribution in [0.25, 0.3) is 0 Å². The van der Waals surface area contributed by atoms with Crippen molar-refractivity contribution in [3.05, 3.63) is 46.1 Å². The van der Waals surface area contributed by atoms with Crippen LogP contribution in [0.15, 0.2) is 18.5 Å². The van der Waals surface area contributed by atoms with Crippen LogP contribution >= 0.6 is 11.6 Å². The van der Waals surface area contributed by atoms with Gasteiger partial charge in [-0.1, -0.05) is 18.5 Å². The minimum absolute atomic E-state index is 0.0635. The molecule has 1 N–H and O–H groups in total. The summed E-state index contributed by atoms with van der Waals surface area (Å²) in [5, 5.41) is 3.90. The molecule has 2 aromatic rings. The zero-order chi connectivity index (χ0) is 17.9. The fourth-order valence-corrected chi connectivity index (χ4v) is 5.27. The number of benzene rings is 1. The lowest BCUT2D eigenvalue weighted by Crippen LogP contribution is -2.42. The van der Waals surface area contributed by atoms with Crippen LogP contribution in [0.1, 0.15) is 48.9 Å². The van der Waals surface area contributed by atoms with E-state index in [0.29, 0.717) is 16.6 Å². The number of fused-ring (bicyclic) bond motifs is 3. The molecule has 1 unspecified atom stereocenters. The molecule has 26 heavy (non-hydrogen) atoms. The molecule has 1 aromatic heterocycles. The monoisotopic (exact) mass is 372 g/mol. The van der Waals surface area contributed by atoms with Gasteiger partial charge in [-0.25, -0.2) is 14.4 Å². The number of aromatic nitrogens is 2. The van der Waals surface area contributed by atoms with E-state index < -0.39 is 0 Å². The van der Waals surface area contributed by atoms with Crippen molar-refractivity contribution in [2.45, 2.75) is 43.9 Å². The van der Waals surface area contributed by atoms with E-state index in [2.05, 4.69) is 27.1 Å². The van der Waals surface area contributed by atoms with E-state index in [0.717, 1.165) is 62.4 Å². The predicted molar refractivity (Wildman–Crippen MR) is 101 cm³/mol. The van der Waals surface area contributed by atoms with Gasteiger partial charge >= 0.3 is 0 Å². The van der Waals surface area contributed by atoms with Crippen molar-refractivity contribution in [1.29, 1.82) is 0 Å². The van der Waals surface area contributed by atoms with Crippen LogP contribution in [0.4, 0.5) is 15.9 Å². The van der Waals surface area contributed by atoms with E-state index in [4.69, 9.17) is 11.6 Å². The maximum Gasteiger partial charge on any atom is 0.148 e. The molecule has 4 nitrogen and oxygen atoms in total. The molecule has 136 valence electrons. The van der Waals surface area contributed by atoms with Crippen LogP contribution < -0.4 is 10.2 Å². The van der Waals surface area contributed by atoms with Crippen LogP contribution in [0.3, 0.4) is 0 Å². The predicted octanol–water partition coefficient (Wildman–Crippen LogP) is 4.09. The van der Waals surface area contributed by atoms with Crippen LogP contribution in [0, 0.1) is 5.82 Å². The van der Waals surface area contributed by atoms with Crippen molar-refractivity contribution < 1.29 is 4.39 Å². The van der Waals surface area contributed by atoms with Gasteiger partial charge in [0.2, 0.25) is 0 Å². The van der Waals surface area contributed by atoms with E-state index in [1.54, 1.807) is 6.33 Å². The van der Waals surface area contributed by atoms with Gasteiger partial charge in [0.1, 0.15) is 18.0 Å². The Balaban J connectivity index is 1.71. The third kappa shape index (κ3) is 2.30. The molecule has 2 aliphatic heterocycles. The van der Waals surface area contributed by atoms with Crippen molar-refractivity contribution in [2.75, 3.05) is 24.5 Å². The second kappa shape index (κ2) is 5.89. The summed E-state index contributed by atoms with van der Waals surface area (Å²) in [4.78, 5) is 11.2. The van der Waals surface area contributed by atoms with E-state index in [9.17, 15) is 0 Å². The van der Waals surface area contributed by atoms with Crippen molar-refractivity contribution in [1.82, 2.24) is 15.3 Å². The highest BCUT2D eigenvalue weighted by molar-refractivity contribution is 6.30. The quantitative estimate of drug-likeness (QED) is 0.818. The van der Waals surface area contributed by atoms with Gasteiger partial charge in [0.15, 0.2) is 0 Å². The maximum atomic E-state index is 15.1. The molecule has 1 saturated heterocycles. The average molecular weight is 373 g/mol. The number of anilines is 2. The Morgan fingerprint density at radius 2 is 2.08 bits per heavy atom. The van der Waals surface area contributed by atoms with Crippen molar-refractivity contribution in [2.24, 2.45) is 0 Å². The number of rotatable bonds is 1. The lowest BCUT2D eigenvalue weighted by Gasteiger charge is -2.35. The summed E-state index contributed by atoms with van der Waals surface area (Å²) in [6.07, 6.45) is 5.66. The lowest BCUT2D eigenvalue weighted by molar-refractivity contribution is 0.329. The second-order valence-corrected chi connectivity index (χ2v) is 8.33. The molecule has 0 saturated carbocycles. The van der Waals surface area contributed by atoms with Gasteiger partial charge in [-0.15, -0.1) is 0 Å². The Kier molecular flexibility index (Phi) is 3.73. The third-order valence-electron chi connectivity index (χ3n) is 6.40. The number of aryl methyl sites for hydroxylation is 1. The second-order valence-electron chi connectivity index (χ2n) is 7.90. The molecule has 1 atom stereocenters. The highest BCUT2D eigenvalue weighted by atomic mass is 35.5. The molecule has 1 fully saturated rings. The summed E-state index contributed by atoms with van der Waals surface area (Å²) in [7, 11) is 0. The van der Waals surface area contributed by atoms with E-state index in [-0.39, 0.29) is 11.2 Å². The first-order valence-corrected chi connectivity index (χ1v) is 9.78. The summed E-state index contributed by atoms with van der Waals surface area (Å²) in [5.41, 5.74) is 3.95. The van der Waals surface area contributed by atoms with E-state index in [1.165, 1.54) is 11.6 Å². The van der Waals surface area contributed by atoms with Crippen molar-refractivity contribution >= 4 is 23.1 Å². The Morgan fingerprint density at radius 1 is 1.27 bits per heavy atom. The van der Waals surface area contributed by atoms with Crippen LogP contribution in [-0.2, 0) is 11.8 Å².